The van der Waals surface area contributed by atoms with E-state index in [-0.39, 0.29) is 5.78 Å². The van der Waals surface area contributed by atoms with Gasteiger partial charge in [-0.15, -0.1) is 6.58 Å². The van der Waals surface area contributed by atoms with Gasteiger partial charge >= 0.3 is 0 Å². The number of ketones is 1. The molecule has 0 spiro atoms. The number of carbonyl (C=O) groups is 1. The smallest absolute Gasteiger partial charge is 0.152 e. The van der Waals surface area contributed by atoms with Gasteiger partial charge in [-0.2, -0.15) is 0 Å². The second-order valence-electron chi connectivity index (χ2n) is 3.11. The molecule has 12 heavy (non-hydrogen) atoms. The van der Waals surface area contributed by atoms with Gasteiger partial charge < -0.3 is 5.73 Å². The number of hydrogen-bond acceptors (Lipinski definition) is 2. The van der Waals surface area contributed by atoms with Crippen molar-refractivity contribution < 1.29 is 4.79 Å². The summed E-state index contributed by atoms with van der Waals surface area (Å²) in [6.07, 6.45) is 4.46. The topological polar surface area (TPSA) is 43.1 Å². The molecule has 0 saturated carbocycles. The van der Waals surface area contributed by atoms with Crippen molar-refractivity contribution in [2.45, 2.75) is 45.1 Å². The fourth-order valence-electron chi connectivity index (χ4n) is 1.13. The standard InChI is InChI=1S/C10H19NO/c1-4-7-8-9(12)10(11,5-2)6-3/h4H,1,5-8,11H2,2-3H3. The highest BCUT2D eigenvalue weighted by atomic mass is 16.1. The van der Waals surface area contributed by atoms with Crippen LogP contribution in [-0.4, -0.2) is 11.3 Å². The van der Waals surface area contributed by atoms with Gasteiger partial charge in [-0.1, -0.05) is 19.9 Å². The molecule has 0 heterocycles. The van der Waals surface area contributed by atoms with E-state index < -0.39 is 5.54 Å². The van der Waals surface area contributed by atoms with Crippen LogP contribution in [0.25, 0.3) is 0 Å². The maximum atomic E-state index is 11.5. The highest BCUT2D eigenvalue weighted by Gasteiger charge is 2.28. The molecule has 0 unspecified atom stereocenters. The zero-order valence-corrected chi connectivity index (χ0v) is 8.10. The van der Waals surface area contributed by atoms with Crippen LogP contribution in [0.4, 0.5) is 0 Å². The highest BCUT2D eigenvalue weighted by molar-refractivity contribution is 5.88. The number of nitrogens with two attached hydrogens (primary N) is 1. The van der Waals surface area contributed by atoms with Crippen LogP contribution in [0, 0.1) is 0 Å². The molecule has 2 nitrogen and oxygen atoms in total. The van der Waals surface area contributed by atoms with Crippen molar-refractivity contribution in [3.8, 4) is 0 Å². The van der Waals surface area contributed by atoms with Crippen LogP contribution < -0.4 is 5.73 Å². The molecule has 0 fully saturated rings. The Hall–Kier alpha value is -0.630. The summed E-state index contributed by atoms with van der Waals surface area (Å²) in [5, 5.41) is 0. The first kappa shape index (κ1) is 11.4. The summed E-state index contributed by atoms with van der Waals surface area (Å²) in [5.74, 6) is 0.160. The molecule has 0 saturated heterocycles. The molecule has 0 aromatic rings. The first-order valence-corrected chi connectivity index (χ1v) is 4.53. The molecule has 0 aliphatic carbocycles. The Kier molecular flexibility index (Phi) is 4.83. The highest BCUT2D eigenvalue weighted by Crippen LogP contribution is 2.15. The summed E-state index contributed by atoms with van der Waals surface area (Å²) in [4.78, 5) is 11.5. The molecule has 0 bridgehead atoms. The van der Waals surface area contributed by atoms with E-state index in [0.29, 0.717) is 6.42 Å². The monoisotopic (exact) mass is 169 g/mol. The van der Waals surface area contributed by atoms with Gasteiger partial charge in [0.25, 0.3) is 0 Å². The molecular formula is C10H19NO. The van der Waals surface area contributed by atoms with E-state index in [1.54, 1.807) is 6.08 Å². The van der Waals surface area contributed by atoms with Gasteiger partial charge in [0.05, 0.1) is 5.54 Å². The minimum absolute atomic E-state index is 0.160. The minimum atomic E-state index is -0.594. The van der Waals surface area contributed by atoms with Crippen LogP contribution >= 0.6 is 0 Å². The largest absolute Gasteiger partial charge is 0.319 e. The molecule has 0 aromatic carbocycles. The van der Waals surface area contributed by atoms with Gasteiger partial charge in [0, 0.05) is 6.42 Å². The Morgan fingerprint density at radius 1 is 1.50 bits per heavy atom. The SMILES string of the molecule is C=CCCC(=O)C(N)(CC)CC. The molecule has 0 amide bonds. The van der Waals surface area contributed by atoms with Crippen molar-refractivity contribution in [3.05, 3.63) is 12.7 Å². The van der Waals surface area contributed by atoms with Crippen LogP contribution in [0.5, 0.6) is 0 Å². The first-order valence-electron chi connectivity index (χ1n) is 4.53. The predicted octanol–water partition coefficient (Wildman–Crippen LogP) is 2.04. The molecule has 0 aliphatic heterocycles. The first-order chi connectivity index (χ1) is 5.60. The molecule has 0 atom stereocenters. The van der Waals surface area contributed by atoms with Crippen molar-refractivity contribution >= 4 is 5.78 Å². The van der Waals surface area contributed by atoms with E-state index in [0.717, 1.165) is 19.3 Å². The van der Waals surface area contributed by atoms with E-state index >= 15 is 0 Å². The third-order valence-electron chi connectivity index (χ3n) is 2.39. The van der Waals surface area contributed by atoms with Gasteiger partial charge in [0.2, 0.25) is 0 Å². The second-order valence-corrected chi connectivity index (χ2v) is 3.11. The van der Waals surface area contributed by atoms with Crippen LogP contribution in [0.3, 0.4) is 0 Å². The van der Waals surface area contributed by atoms with E-state index in [9.17, 15) is 4.79 Å². The lowest BCUT2D eigenvalue weighted by atomic mass is 9.87. The minimum Gasteiger partial charge on any atom is -0.319 e. The maximum absolute atomic E-state index is 11.5. The van der Waals surface area contributed by atoms with Crippen molar-refractivity contribution in [1.29, 1.82) is 0 Å². The predicted molar refractivity (Wildman–Crippen MR) is 51.9 cm³/mol. The molecule has 70 valence electrons. The van der Waals surface area contributed by atoms with Crippen LogP contribution in [0.15, 0.2) is 12.7 Å². The van der Waals surface area contributed by atoms with Crippen molar-refractivity contribution in [2.75, 3.05) is 0 Å². The average Bonchev–Trinajstić information content (AvgIpc) is 2.12. The second kappa shape index (κ2) is 5.09. The molecule has 0 rings (SSSR count). The number of Topliss-reactive ketones (excluding diaryl/α,β-unsaturated/α-hetero) is 1. The third kappa shape index (κ3) is 2.78. The van der Waals surface area contributed by atoms with Gasteiger partial charge in [-0.3, -0.25) is 4.79 Å². The molecule has 0 aliphatic rings. The molecule has 2 heteroatoms. The zero-order valence-electron chi connectivity index (χ0n) is 8.10. The Balaban J connectivity index is 4.11. The Bertz CT molecular complexity index is 159. The summed E-state index contributed by atoms with van der Waals surface area (Å²) in [5.41, 5.74) is 5.30. The van der Waals surface area contributed by atoms with Crippen LogP contribution in [-0.2, 0) is 4.79 Å². The normalized spacial score (nSPS) is 11.2. The van der Waals surface area contributed by atoms with Gasteiger partial charge in [0.15, 0.2) is 5.78 Å². The van der Waals surface area contributed by atoms with Crippen molar-refractivity contribution in [2.24, 2.45) is 5.73 Å². The fourth-order valence-corrected chi connectivity index (χ4v) is 1.13. The summed E-state index contributed by atoms with van der Waals surface area (Å²) in [7, 11) is 0. The Labute approximate surface area is 74.8 Å². The molecule has 0 radical (unpaired) electrons. The van der Waals surface area contributed by atoms with Gasteiger partial charge in [-0.25, -0.2) is 0 Å². The lowest BCUT2D eigenvalue weighted by Crippen LogP contribution is -2.46. The lowest BCUT2D eigenvalue weighted by molar-refractivity contribution is -0.124. The van der Waals surface area contributed by atoms with Crippen LogP contribution in [0.1, 0.15) is 39.5 Å². The fraction of sp³-hybridized carbons (Fsp3) is 0.700. The summed E-state index contributed by atoms with van der Waals surface area (Å²) >= 11 is 0. The number of hydrogen-bond donors (Lipinski definition) is 1. The zero-order chi connectivity index (χ0) is 9.61. The molecular weight excluding hydrogens is 150 g/mol. The summed E-state index contributed by atoms with van der Waals surface area (Å²) in [6.45, 7) is 7.48. The molecule has 0 aromatic heterocycles. The van der Waals surface area contributed by atoms with E-state index in [1.165, 1.54) is 0 Å². The Morgan fingerprint density at radius 2 is 2.00 bits per heavy atom. The number of allylic oxidation sites excluding steroid dienone is 1. The van der Waals surface area contributed by atoms with Crippen LogP contribution in [0.2, 0.25) is 0 Å². The van der Waals surface area contributed by atoms with Gasteiger partial charge in [0.1, 0.15) is 0 Å². The summed E-state index contributed by atoms with van der Waals surface area (Å²) < 4.78 is 0. The van der Waals surface area contributed by atoms with Gasteiger partial charge in [-0.05, 0) is 19.3 Å². The maximum Gasteiger partial charge on any atom is 0.152 e. The average molecular weight is 169 g/mol. The Morgan fingerprint density at radius 3 is 2.33 bits per heavy atom. The molecule has 2 N–H and O–H groups in total. The summed E-state index contributed by atoms with van der Waals surface area (Å²) in [6, 6.07) is 0. The van der Waals surface area contributed by atoms with Crippen molar-refractivity contribution in [1.82, 2.24) is 0 Å². The van der Waals surface area contributed by atoms with Crippen molar-refractivity contribution in [3.63, 3.8) is 0 Å². The van der Waals surface area contributed by atoms with E-state index in [1.807, 2.05) is 13.8 Å². The van der Waals surface area contributed by atoms with E-state index in [2.05, 4.69) is 6.58 Å². The lowest BCUT2D eigenvalue weighted by Gasteiger charge is -2.24. The number of rotatable bonds is 6. The third-order valence-corrected chi connectivity index (χ3v) is 2.39. The number of carbonyl (C=O) groups excluding carboxylic acids is 1. The quantitative estimate of drug-likeness (QED) is 0.618. The van der Waals surface area contributed by atoms with E-state index in [4.69, 9.17) is 5.73 Å².